The van der Waals surface area contributed by atoms with E-state index in [0.29, 0.717) is 0 Å². The Morgan fingerprint density at radius 1 is 1.39 bits per heavy atom. The molecule has 0 fully saturated rings. The van der Waals surface area contributed by atoms with E-state index >= 15 is 0 Å². The number of carbonyl (C=O) groups is 2. The Kier molecular flexibility index (Phi) is 7.38. The molecule has 0 aromatic heterocycles. The van der Waals surface area contributed by atoms with Gasteiger partial charge in [0.25, 0.3) is 0 Å². The van der Waals surface area contributed by atoms with Crippen molar-refractivity contribution in [1.29, 1.82) is 0 Å². The van der Waals surface area contributed by atoms with Gasteiger partial charge in [-0.15, -0.1) is 6.58 Å². The summed E-state index contributed by atoms with van der Waals surface area (Å²) in [6, 6.07) is 3.19. The highest BCUT2D eigenvalue weighted by molar-refractivity contribution is 5.76. The molecule has 0 radical (unpaired) electrons. The summed E-state index contributed by atoms with van der Waals surface area (Å²) < 4.78 is 31.8. The van der Waals surface area contributed by atoms with E-state index < -0.39 is 23.5 Å². The summed E-state index contributed by atoms with van der Waals surface area (Å²) in [5.41, 5.74) is 0.201. The lowest BCUT2D eigenvalue weighted by atomic mass is 9.98. The zero-order chi connectivity index (χ0) is 17.4. The van der Waals surface area contributed by atoms with Crippen molar-refractivity contribution in [3.63, 3.8) is 0 Å². The Balaban J connectivity index is 2.97. The minimum atomic E-state index is -0.737. The second-order valence-corrected chi connectivity index (χ2v) is 5.10. The molecule has 1 aromatic carbocycles. The van der Waals surface area contributed by atoms with Crippen LogP contribution in [0, 0.1) is 17.6 Å². The van der Waals surface area contributed by atoms with Crippen molar-refractivity contribution < 1.29 is 23.1 Å². The molecule has 1 rings (SSSR count). The molecular formula is C17H21F2NO3. The van der Waals surface area contributed by atoms with Crippen molar-refractivity contribution in [3.05, 3.63) is 48.1 Å². The van der Waals surface area contributed by atoms with E-state index in [1.807, 2.05) is 0 Å². The zero-order valence-electron chi connectivity index (χ0n) is 13.4. The molecular weight excluding hydrogens is 304 g/mol. The Bertz CT molecular complexity index is 575. The van der Waals surface area contributed by atoms with Crippen LogP contribution >= 0.6 is 0 Å². The minimum Gasteiger partial charge on any atom is -0.466 e. The van der Waals surface area contributed by atoms with Gasteiger partial charge >= 0.3 is 5.97 Å². The molecule has 1 unspecified atom stereocenters. The molecule has 0 aliphatic heterocycles. The first-order valence-electron chi connectivity index (χ1n) is 7.36. The van der Waals surface area contributed by atoms with Gasteiger partial charge in [-0.2, -0.15) is 0 Å². The van der Waals surface area contributed by atoms with Crippen molar-refractivity contribution >= 4 is 11.9 Å². The van der Waals surface area contributed by atoms with E-state index in [-0.39, 0.29) is 37.6 Å². The number of halogens is 2. The summed E-state index contributed by atoms with van der Waals surface area (Å²) in [5, 5.41) is 0. The minimum absolute atomic E-state index is 0.0197. The van der Waals surface area contributed by atoms with Crippen LogP contribution in [0.1, 0.15) is 19.4 Å². The molecule has 0 saturated heterocycles. The maximum atomic E-state index is 13.8. The molecule has 126 valence electrons. The molecule has 0 saturated carbocycles. The number of benzene rings is 1. The van der Waals surface area contributed by atoms with Crippen molar-refractivity contribution in [1.82, 2.24) is 4.90 Å². The molecule has 1 atom stereocenters. The van der Waals surface area contributed by atoms with Crippen LogP contribution in [0.15, 0.2) is 30.9 Å². The second kappa shape index (κ2) is 9.02. The maximum Gasteiger partial charge on any atom is 0.311 e. The molecule has 0 N–H and O–H groups in total. The topological polar surface area (TPSA) is 46.6 Å². The Morgan fingerprint density at radius 3 is 2.61 bits per heavy atom. The van der Waals surface area contributed by atoms with Crippen LogP contribution in [0.25, 0.3) is 0 Å². The summed E-state index contributed by atoms with van der Waals surface area (Å²) in [7, 11) is 0. The fraction of sp³-hybridized carbons (Fsp3) is 0.412. The van der Waals surface area contributed by atoms with E-state index in [1.165, 1.54) is 17.9 Å². The standard InChI is InChI=1S/C17H21F2NO3/c1-4-8-20(12(3)21)11-14(17(22)23-5-2)9-13-6-7-15(18)10-16(13)19/h4,6-7,10,14H,1,5,8-9,11H2,2-3H3. The number of hydrogen-bond donors (Lipinski definition) is 0. The third kappa shape index (κ3) is 5.81. The van der Waals surface area contributed by atoms with Crippen LogP contribution in [-0.2, 0) is 20.7 Å². The van der Waals surface area contributed by atoms with Gasteiger partial charge in [0.05, 0.1) is 12.5 Å². The normalized spacial score (nSPS) is 11.7. The lowest BCUT2D eigenvalue weighted by Crippen LogP contribution is -2.38. The van der Waals surface area contributed by atoms with Gasteiger partial charge in [0.2, 0.25) is 5.91 Å². The SMILES string of the molecule is C=CCN(CC(Cc1ccc(F)cc1F)C(=O)OCC)C(C)=O. The van der Waals surface area contributed by atoms with Crippen molar-refractivity contribution in [2.45, 2.75) is 20.3 Å². The Hall–Kier alpha value is -2.24. The zero-order valence-corrected chi connectivity index (χ0v) is 13.4. The van der Waals surface area contributed by atoms with Gasteiger partial charge in [0.1, 0.15) is 11.6 Å². The highest BCUT2D eigenvalue weighted by atomic mass is 19.1. The van der Waals surface area contributed by atoms with Crippen molar-refractivity contribution in [3.8, 4) is 0 Å². The molecule has 0 spiro atoms. The average molecular weight is 325 g/mol. The second-order valence-electron chi connectivity index (χ2n) is 5.10. The fourth-order valence-electron chi connectivity index (χ4n) is 2.19. The van der Waals surface area contributed by atoms with E-state index in [1.54, 1.807) is 13.0 Å². The number of hydrogen-bond acceptors (Lipinski definition) is 3. The third-order valence-electron chi connectivity index (χ3n) is 3.34. The van der Waals surface area contributed by atoms with Crippen molar-refractivity contribution in [2.75, 3.05) is 19.7 Å². The largest absolute Gasteiger partial charge is 0.466 e. The molecule has 0 heterocycles. The molecule has 6 heteroatoms. The van der Waals surface area contributed by atoms with Crippen LogP contribution in [0.3, 0.4) is 0 Å². The number of nitrogens with zero attached hydrogens (tertiary/aromatic N) is 1. The number of amides is 1. The highest BCUT2D eigenvalue weighted by Gasteiger charge is 2.25. The summed E-state index contributed by atoms with van der Waals surface area (Å²) in [5.74, 6) is -2.89. The molecule has 1 amide bonds. The Morgan fingerprint density at radius 2 is 2.09 bits per heavy atom. The van der Waals surface area contributed by atoms with Gasteiger partial charge < -0.3 is 9.64 Å². The van der Waals surface area contributed by atoms with E-state index in [2.05, 4.69) is 6.58 Å². The monoisotopic (exact) mass is 325 g/mol. The van der Waals surface area contributed by atoms with E-state index in [0.717, 1.165) is 12.1 Å². The summed E-state index contributed by atoms with van der Waals surface area (Å²) >= 11 is 0. The summed E-state index contributed by atoms with van der Waals surface area (Å²) in [6.45, 7) is 7.15. The van der Waals surface area contributed by atoms with Gasteiger partial charge in [-0.25, -0.2) is 8.78 Å². The number of rotatable bonds is 8. The van der Waals surface area contributed by atoms with E-state index in [4.69, 9.17) is 4.74 Å². The average Bonchev–Trinajstić information content (AvgIpc) is 2.48. The smallest absolute Gasteiger partial charge is 0.311 e. The first kappa shape index (κ1) is 18.8. The number of carbonyl (C=O) groups excluding carboxylic acids is 2. The van der Waals surface area contributed by atoms with E-state index in [9.17, 15) is 18.4 Å². The fourth-order valence-corrected chi connectivity index (χ4v) is 2.19. The number of esters is 1. The van der Waals surface area contributed by atoms with Crippen LogP contribution in [0.2, 0.25) is 0 Å². The van der Waals surface area contributed by atoms with Crippen LogP contribution in [-0.4, -0.2) is 36.5 Å². The van der Waals surface area contributed by atoms with Gasteiger partial charge in [0.15, 0.2) is 0 Å². The molecule has 1 aromatic rings. The molecule has 4 nitrogen and oxygen atoms in total. The third-order valence-corrected chi connectivity index (χ3v) is 3.34. The predicted molar refractivity (Wildman–Crippen MR) is 82.6 cm³/mol. The number of ether oxygens (including phenoxy) is 1. The quantitative estimate of drug-likeness (QED) is 0.545. The maximum absolute atomic E-state index is 13.8. The van der Waals surface area contributed by atoms with Gasteiger partial charge in [0, 0.05) is 26.1 Å². The van der Waals surface area contributed by atoms with Gasteiger partial charge in [-0.05, 0) is 25.0 Å². The first-order valence-corrected chi connectivity index (χ1v) is 7.36. The van der Waals surface area contributed by atoms with Gasteiger partial charge in [-0.3, -0.25) is 9.59 Å². The lowest BCUT2D eigenvalue weighted by molar-refractivity contribution is -0.149. The first-order chi connectivity index (χ1) is 10.9. The predicted octanol–water partition coefficient (Wildman–Crippen LogP) is 2.72. The van der Waals surface area contributed by atoms with Crippen LogP contribution < -0.4 is 0 Å². The highest BCUT2D eigenvalue weighted by Crippen LogP contribution is 2.17. The summed E-state index contributed by atoms with van der Waals surface area (Å²) in [4.78, 5) is 25.1. The molecule has 0 bridgehead atoms. The van der Waals surface area contributed by atoms with Crippen LogP contribution in [0.5, 0.6) is 0 Å². The molecule has 23 heavy (non-hydrogen) atoms. The molecule has 0 aliphatic carbocycles. The Labute approximate surface area is 134 Å². The lowest BCUT2D eigenvalue weighted by Gasteiger charge is -2.25. The van der Waals surface area contributed by atoms with Crippen molar-refractivity contribution in [2.24, 2.45) is 5.92 Å². The van der Waals surface area contributed by atoms with Gasteiger partial charge in [-0.1, -0.05) is 12.1 Å². The van der Waals surface area contributed by atoms with Crippen LogP contribution in [0.4, 0.5) is 8.78 Å². The molecule has 0 aliphatic rings. The summed E-state index contributed by atoms with van der Waals surface area (Å²) in [6.07, 6.45) is 1.56.